The van der Waals surface area contributed by atoms with Gasteiger partial charge in [0.1, 0.15) is 11.2 Å². The summed E-state index contributed by atoms with van der Waals surface area (Å²) in [5.41, 5.74) is 8.18. The zero-order chi connectivity index (χ0) is 21.1. The van der Waals surface area contributed by atoms with Crippen molar-refractivity contribution in [3.8, 4) is 0 Å². The van der Waals surface area contributed by atoms with E-state index < -0.39 is 5.54 Å². The monoisotopic (exact) mass is 411 g/mol. The third-order valence-electron chi connectivity index (χ3n) is 7.31. The van der Waals surface area contributed by atoms with Crippen LogP contribution in [0.15, 0.2) is 29.4 Å². The van der Waals surface area contributed by atoms with Gasteiger partial charge in [-0.05, 0) is 74.6 Å². The molecule has 0 bridgehead atoms. The number of hydrogen-bond acceptors (Lipinski definition) is 5. The lowest BCUT2D eigenvalue weighted by molar-refractivity contribution is -0.0132. The minimum atomic E-state index is -0.698. The van der Waals surface area contributed by atoms with Gasteiger partial charge in [-0.2, -0.15) is 0 Å². The fourth-order valence-corrected chi connectivity index (χ4v) is 5.35. The van der Waals surface area contributed by atoms with Crippen molar-refractivity contribution >= 4 is 22.7 Å². The average Bonchev–Trinajstić information content (AvgIpc) is 3.61. The molecular formula is C23H29N3O4. The Hall–Kier alpha value is -2.54. The van der Waals surface area contributed by atoms with Crippen LogP contribution < -0.4 is 5.73 Å². The molecule has 1 saturated heterocycles. The summed E-state index contributed by atoms with van der Waals surface area (Å²) in [5.74, 6) is 0.365. The van der Waals surface area contributed by atoms with E-state index in [9.17, 15) is 10.0 Å². The predicted octanol–water partition coefficient (Wildman–Crippen LogP) is 3.73. The van der Waals surface area contributed by atoms with E-state index >= 15 is 0 Å². The Morgan fingerprint density at radius 2 is 2.13 bits per heavy atom. The molecule has 2 aliphatic carbocycles. The third-order valence-corrected chi connectivity index (χ3v) is 7.31. The summed E-state index contributed by atoms with van der Waals surface area (Å²) in [6, 6.07) is 8.31. The highest BCUT2D eigenvalue weighted by molar-refractivity contribution is 6.00. The number of rotatable bonds is 5. The number of oxime groups is 1. The molecule has 3 aliphatic rings. The molecule has 160 valence electrons. The largest absolute Gasteiger partial charge is 0.461 e. The van der Waals surface area contributed by atoms with Crippen LogP contribution in [0.2, 0.25) is 0 Å². The molecule has 5 rings (SSSR count). The minimum absolute atomic E-state index is 0.111. The second kappa shape index (κ2) is 6.74. The van der Waals surface area contributed by atoms with Crippen molar-refractivity contribution < 1.29 is 19.5 Å². The standard InChI is InChI=1S/C23H29N3O4/c1-3-29-20(27)19-11-17-10-15(16-6-9-30-22(13-16)7-8-22)4-5-18(17)26(19)23(12-14(23)2)21(24)25-28/h4-5,10-11,14,16,28H,3,6-9,12-13H2,1-2H3,(H2,24,25)/t14-,16-,23+/m1/s1. The van der Waals surface area contributed by atoms with Crippen LogP contribution in [0.25, 0.3) is 10.9 Å². The minimum Gasteiger partial charge on any atom is -0.461 e. The summed E-state index contributed by atoms with van der Waals surface area (Å²) in [5, 5.41) is 13.7. The van der Waals surface area contributed by atoms with Gasteiger partial charge in [-0.1, -0.05) is 18.1 Å². The number of nitrogens with zero attached hydrogens (tertiary/aromatic N) is 2. The normalized spacial score (nSPS) is 29.9. The molecule has 1 aromatic heterocycles. The number of ether oxygens (including phenoxy) is 2. The van der Waals surface area contributed by atoms with Crippen molar-refractivity contribution in [2.45, 2.75) is 63.0 Å². The summed E-state index contributed by atoms with van der Waals surface area (Å²) >= 11 is 0. The molecule has 0 amide bonds. The zero-order valence-corrected chi connectivity index (χ0v) is 17.6. The number of amidine groups is 1. The summed E-state index contributed by atoms with van der Waals surface area (Å²) in [7, 11) is 0. The van der Waals surface area contributed by atoms with E-state index in [0.717, 1.165) is 43.2 Å². The number of carbonyl (C=O) groups excluding carboxylic acids is 1. The lowest BCUT2D eigenvalue weighted by atomic mass is 9.87. The molecule has 2 aromatic rings. The number of hydrogen-bond donors (Lipinski definition) is 2. The first kappa shape index (κ1) is 19.4. The molecule has 2 heterocycles. The van der Waals surface area contributed by atoms with Gasteiger partial charge in [0, 0.05) is 17.5 Å². The first-order valence-corrected chi connectivity index (χ1v) is 10.9. The van der Waals surface area contributed by atoms with Gasteiger partial charge < -0.3 is 25.0 Å². The van der Waals surface area contributed by atoms with E-state index in [-0.39, 0.29) is 23.3 Å². The Morgan fingerprint density at radius 3 is 2.77 bits per heavy atom. The Bertz CT molecular complexity index is 1040. The summed E-state index contributed by atoms with van der Waals surface area (Å²) in [4.78, 5) is 12.8. The van der Waals surface area contributed by atoms with Crippen LogP contribution in [0.3, 0.4) is 0 Å². The molecule has 3 fully saturated rings. The molecule has 0 radical (unpaired) electrons. The quantitative estimate of drug-likeness (QED) is 0.257. The first-order chi connectivity index (χ1) is 14.4. The van der Waals surface area contributed by atoms with Crippen molar-refractivity contribution in [2.24, 2.45) is 16.8 Å². The topological polar surface area (TPSA) is 99.1 Å². The van der Waals surface area contributed by atoms with Crippen molar-refractivity contribution in [1.82, 2.24) is 4.57 Å². The van der Waals surface area contributed by atoms with Gasteiger partial charge in [-0.3, -0.25) is 0 Å². The second-order valence-corrected chi connectivity index (χ2v) is 9.14. The highest BCUT2D eigenvalue weighted by atomic mass is 16.5. The molecule has 3 N–H and O–H groups in total. The van der Waals surface area contributed by atoms with Gasteiger partial charge in [0.15, 0.2) is 5.84 Å². The molecule has 1 spiro atoms. The van der Waals surface area contributed by atoms with Crippen molar-refractivity contribution in [1.29, 1.82) is 0 Å². The van der Waals surface area contributed by atoms with Gasteiger partial charge >= 0.3 is 5.97 Å². The van der Waals surface area contributed by atoms with Gasteiger partial charge in [0.2, 0.25) is 0 Å². The van der Waals surface area contributed by atoms with E-state index in [1.165, 1.54) is 5.56 Å². The number of fused-ring (bicyclic) bond motifs is 1. The predicted molar refractivity (Wildman–Crippen MR) is 113 cm³/mol. The smallest absolute Gasteiger partial charge is 0.355 e. The molecule has 7 heteroatoms. The Kier molecular flexibility index (Phi) is 4.36. The Balaban J connectivity index is 1.61. The number of benzene rings is 1. The second-order valence-electron chi connectivity index (χ2n) is 9.14. The van der Waals surface area contributed by atoms with Crippen LogP contribution in [0, 0.1) is 5.92 Å². The van der Waals surface area contributed by atoms with E-state index in [1.807, 2.05) is 17.6 Å². The molecule has 2 saturated carbocycles. The maximum absolute atomic E-state index is 12.8. The molecule has 1 aromatic carbocycles. The van der Waals surface area contributed by atoms with Gasteiger partial charge in [0.25, 0.3) is 0 Å². The molecule has 30 heavy (non-hydrogen) atoms. The van der Waals surface area contributed by atoms with E-state index in [0.29, 0.717) is 24.6 Å². The maximum Gasteiger partial charge on any atom is 0.355 e. The lowest BCUT2D eigenvalue weighted by Crippen LogP contribution is -2.38. The van der Waals surface area contributed by atoms with E-state index in [4.69, 9.17) is 15.2 Å². The molecule has 0 unspecified atom stereocenters. The van der Waals surface area contributed by atoms with Crippen LogP contribution in [-0.2, 0) is 15.0 Å². The lowest BCUT2D eigenvalue weighted by Gasteiger charge is -2.30. The summed E-state index contributed by atoms with van der Waals surface area (Å²) in [6.45, 7) is 4.94. The molecule has 1 aliphatic heterocycles. The van der Waals surface area contributed by atoms with Crippen LogP contribution in [-0.4, -0.2) is 40.4 Å². The van der Waals surface area contributed by atoms with Gasteiger partial charge in [-0.25, -0.2) is 4.79 Å². The maximum atomic E-state index is 12.8. The van der Waals surface area contributed by atoms with Crippen LogP contribution in [0.5, 0.6) is 0 Å². The number of nitrogens with two attached hydrogens (primary N) is 1. The van der Waals surface area contributed by atoms with Gasteiger partial charge in [0.05, 0.1) is 12.2 Å². The van der Waals surface area contributed by atoms with E-state index in [1.54, 1.807) is 6.92 Å². The molecule has 3 atom stereocenters. The van der Waals surface area contributed by atoms with Crippen LogP contribution in [0.1, 0.15) is 67.9 Å². The number of aromatic nitrogens is 1. The highest BCUT2D eigenvalue weighted by Gasteiger charge is 2.58. The Morgan fingerprint density at radius 1 is 1.37 bits per heavy atom. The van der Waals surface area contributed by atoms with Crippen molar-refractivity contribution in [2.75, 3.05) is 13.2 Å². The summed E-state index contributed by atoms with van der Waals surface area (Å²) in [6.07, 6.45) is 5.12. The number of carbonyl (C=O) groups is 1. The fraction of sp³-hybridized carbons (Fsp3) is 0.565. The zero-order valence-electron chi connectivity index (χ0n) is 17.6. The molecular weight excluding hydrogens is 382 g/mol. The highest BCUT2D eigenvalue weighted by Crippen LogP contribution is 2.53. The van der Waals surface area contributed by atoms with Crippen molar-refractivity contribution in [3.05, 3.63) is 35.5 Å². The Labute approximate surface area is 175 Å². The van der Waals surface area contributed by atoms with Gasteiger partial charge in [-0.15, -0.1) is 0 Å². The summed E-state index contributed by atoms with van der Waals surface area (Å²) < 4.78 is 13.2. The first-order valence-electron chi connectivity index (χ1n) is 10.9. The van der Waals surface area contributed by atoms with Crippen LogP contribution in [0.4, 0.5) is 0 Å². The van der Waals surface area contributed by atoms with Crippen molar-refractivity contribution in [3.63, 3.8) is 0 Å². The third kappa shape index (κ3) is 2.82. The number of esters is 1. The molecule has 7 nitrogen and oxygen atoms in total. The van der Waals surface area contributed by atoms with Crippen LogP contribution >= 0.6 is 0 Å². The average molecular weight is 412 g/mol. The van der Waals surface area contributed by atoms with E-state index in [2.05, 4.69) is 23.4 Å². The SMILES string of the molecule is CCOC(=O)c1cc2cc([C@@H]3CCOC4(CC4)C3)ccc2n1[C@@]1(C(N)=NO)C[C@H]1C. The fourth-order valence-electron chi connectivity index (χ4n) is 5.35.